The molecule has 0 N–H and O–H groups in total. The van der Waals surface area contributed by atoms with Crippen LogP contribution in [-0.2, 0) is 9.31 Å². The van der Waals surface area contributed by atoms with Crippen molar-refractivity contribution >= 4 is 21.4 Å². The molecule has 0 aromatic heterocycles. The molecule has 1 fully saturated rings. The first kappa shape index (κ1) is 20.7. The fraction of sp³-hybridized carbons (Fsp3) is 0.478. The lowest BCUT2D eigenvalue weighted by atomic mass is 9.74. The van der Waals surface area contributed by atoms with E-state index in [0.29, 0.717) is 0 Å². The predicted molar refractivity (Wildman–Crippen MR) is 122 cm³/mol. The van der Waals surface area contributed by atoms with Gasteiger partial charge in [-0.1, -0.05) is 19.2 Å². The summed E-state index contributed by atoms with van der Waals surface area (Å²) < 4.78 is 35.5. The molecule has 2 aromatic carbocycles. The van der Waals surface area contributed by atoms with E-state index in [1.807, 2.05) is 12.1 Å². The number of hydrogen-bond donors (Lipinski definition) is 0. The molecule has 1 atom stereocenters. The Balaban J connectivity index is 1.63. The Morgan fingerprint density at radius 3 is 1.94 bits per heavy atom. The quantitative estimate of drug-likeness (QED) is 0.678. The maximum Gasteiger partial charge on any atom is 0.495 e. The first-order valence-corrected chi connectivity index (χ1v) is 13.8. The van der Waals surface area contributed by atoms with Crippen LogP contribution in [0.1, 0.15) is 44.4 Å². The Kier molecular flexibility index (Phi) is 4.80. The van der Waals surface area contributed by atoms with Crippen LogP contribution in [0.4, 0.5) is 0 Å². The Bertz CT molecular complexity index is 1010. The van der Waals surface area contributed by atoms with Gasteiger partial charge in [0, 0.05) is 14.3 Å². The van der Waals surface area contributed by atoms with Crippen molar-refractivity contribution in [1.29, 1.82) is 0 Å². The average Bonchev–Trinajstić information content (AvgIpc) is 3.38. The molecule has 0 aliphatic carbocycles. The van der Waals surface area contributed by atoms with Crippen LogP contribution in [0.5, 0.6) is 23.0 Å². The minimum atomic E-state index is -1.23. The van der Waals surface area contributed by atoms with Gasteiger partial charge in [-0.3, -0.25) is 0 Å². The van der Waals surface area contributed by atoms with E-state index >= 15 is 0 Å². The van der Waals surface area contributed by atoms with Crippen molar-refractivity contribution in [3.05, 3.63) is 41.5 Å². The number of rotatable bonds is 4. The third-order valence-corrected chi connectivity index (χ3v) is 8.92. The molecule has 0 saturated carbocycles. The molecule has 0 spiro atoms. The van der Waals surface area contributed by atoms with E-state index in [1.165, 1.54) is 11.1 Å². The maximum absolute atomic E-state index is 6.44. The molecule has 3 aliphatic rings. The molecule has 3 heterocycles. The van der Waals surface area contributed by atoms with Gasteiger partial charge in [0.1, 0.15) is 0 Å². The van der Waals surface area contributed by atoms with Gasteiger partial charge in [0.05, 0.1) is 11.2 Å². The largest absolute Gasteiger partial charge is 0.495 e. The molecular formula is C23H29BO6Si. The van der Waals surface area contributed by atoms with Crippen LogP contribution in [0, 0.1) is 0 Å². The molecule has 2 aromatic rings. The van der Waals surface area contributed by atoms with Gasteiger partial charge in [0.25, 0.3) is 0 Å². The van der Waals surface area contributed by atoms with Crippen molar-refractivity contribution in [3.8, 4) is 23.0 Å². The van der Waals surface area contributed by atoms with Crippen LogP contribution in [0.2, 0.25) is 13.1 Å². The first-order chi connectivity index (χ1) is 14.7. The molecule has 31 heavy (non-hydrogen) atoms. The number of hydrogen-bond acceptors (Lipinski definition) is 6. The normalized spacial score (nSPS) is 21.1. The second-order valence-electron chi connectivity index (χ2n) is 9.76. The van der Waals surface area contributed by atoms with E-state index < -0.39 is 27.1 Å². The van der Waals surface area contributed by atoms with Gasteiger partial charge < -0.3 is 28.3 Å². The smallest absolute Gasteiger partial charge is 0.454 e. The maximum atomic E-state index is 6.44. The highest BCUT2D eigenvalue weighted by molar-refractivity contribution is 6.64. The van der Waals surface area contributed by atoms with E-state index in [4.69, 9.17) is 28.3 Å². The van der Waals surface area contributed by atoms with Gasteiger partial charge in [-0.05, 0) is 68.6 Å². The van der Waals surface area contributed by atoms with E-state index in [2.05, 4.69) is 59.0 Å². The highest BCUT2D eigenvalue weighted by Gasteiger charge is 2.53. The summed E-state index contributed by atoms with van der Waals surface area (Å²) in [5, 5.41) is 0. The Morgan fingerprint density at radius 2 is 1.32 bits per heavy atom. The minimum absolute atomic E-state index is 0.220. The van der Waals surface area contributed by atoms with Crippen LogP contribution < -0.4 is 24.4 Å². The summed E-state index contributed by atoms with van der Waals surface area (Å²) >= 11 is 0. The van der Waals surface area contributed by atoms with Crippen molar-refractivity contribution < 1.29 is 28.3 Å². The fourth-order valence-corrected chi connectivity index (χ4v) is 6.43. The molecular weight excluding hydrogens is 411 g/mol. The second kappa shape index (κ2) is 7.18. The minimum Gasteiger partial charge on any atom is -0.454 e. The summed E-state index contributed by atoms with van der Waals surface area (Å²) in [6, 6.07) is 10.4. The SMILES string of the molecule is C[SiH](C)[C@H](c1ccc2c(c1)OCO2)c1cc2c(cc1B1OC(C)(C)C(C)(C)O1)OCO2. The van der Waals surface area contributed by atoms with Crippen LogP contribution in [0.3, 0.4) is 0 Å². The Hall–Kier alpha value is -2.16. The molecule has 6 nitrogen and oxygen atoms in total. The van der Waals surface area contributed by atoms with Gasteiger partial charge >= 0.3 is 7.12 Å². The third-order valence-electron chi connectivity index (χ3n) is 6.84. The summed E-state index contributed by atoms with van der Waals surface area (Å²) in [7, 11) is -1.71. The summed E-state index contributed by atoms with van der Waals surface area (Å²) in [4.78, 5) is 0. The fourth-order valence-electron chi connectivity index (χ4n) is 4.45. The van der Waals surface area contributed by atoms with Crippen LogP contribution in [0.25, 0.3) is 0 Å². The lowest BCUT2D eigenvalue weighted by Gasteiger charge is -2.32. The molecule has 164 valence electrons. The van der Waals surface area contributed by atoms with Crippen LogP contribution >= 0.6 is 0 Å². The van der Waals surface area contributed by atoms with Gasteiger partial charge in [0.15, 0.2) is 23.0 Å². The number of fused-ring (bicyclic) bond motifs is 2. The summed E-state index contributed by atoms with van der Waals surface area (Å²) in [5.41, 5.74) is 2.76. The standard InChI is InChI=1S/C23H29BO6Si/c1-22(2)23(3,4)30-24(29-22)16-11-20-19(27-13-28-20)10-15(16)21(31(5)6)14-7-8-17-18(9-14)26-12-25-17/h7-11,21,31H,12-13H2,1-6H3/t21-/m1/s1. The molecule has 8 heteroatoms. The van der Waals surface area contributed by atoms with E-state index in [1.54, 1.807) is 0 Å². The highest BCUT2D eigenvalue weighted by atomic mass is 28.3. The molecule has 0 radical (unpaired) electrons. The predicted octanol–water partition coefficient (Wildman–Crippen LogP) is 3.60. The van der Waals surface area contributed by atoms with Gasteiger partial charge in [-0.25, -0.2) is 0 Å². The lowest BCUT2D eigenvalue weighted by molar-refractivity contribution is 0.00578. The van der Waals surface area contributed by atoms with Gasteiger partial charge in [0.2, 0.25) is 13.6 Å². The average molecular weight is 440 g/mol. The van der Waals surface area contributed by atoms with Gasteiger partial charge in [-0.15, -0.1) is 0 Å². The first-order valence-electron chi connectivity index (χ1n) is 10.8. The molecule has 5 rings (SSSR count). The molecule has 0 bridgehead atoms. The van der Waals surface area contributed by atoms with Crippen LogP contribution in [0.15, 0.2) is 30.3 Å². The van der Waals surface area contributed by atoms with Crippen molar-refractivity contribution in [3.63, 3.8) is 0 Å². The van der Waals surface area contributed by atoms with Crippen LogP contribution in [-0.4, -0.2) is 40.7 Å². The number of ether oxygens (including phenoxy) is 4. The zero-order chi connectivity index (χ0) is 22.0. The molecule has 1 saturated heterocycles. The van der Waals surface area contributed by atoms with Crippen molar-refractivity contribution in [2.24, 2.45) is 0 Å². The number of benzene rings is 2. The van der Waals surface area contributed by atoms with Crippen molar-refractivity contribution in [2.45, 2.75) is 57.5 Å². The second-order valence-corrected chi connectivity index (χ2v) is 12.9. The monoisotopic (exact) mass is 440 g/mol. The zero-order valence-electron chi connectivity index (χ0n) is 19.0. The molecule has 0 amide bonds. The van der Waals surface area contributed by atoms with E-state index in [0.717, 1.165) is 28.5 Å². The van der Waals surface area contributed by atoms with Crippen molar-refractivity contribution in [2.75, 3.05) is 13.6 Å². The topological polar surface area (TPSA) is 55.4 Å². The molecule has 3 aliphatic heterocycles. The Morgan fingerprint density at radius 1 is 0.774 bits per heavy atom. The third kappa shape index (κ3) is 3.41. The van der Waals surface area contributed by atoms with Crippen molar-refractivity contribution in [1.82, 2.24) is 0 Å². The summed E-state index contributed by atoms with van der Waals surface area (Å²) in [6.45, 7) is 13.5. The van der Waals surface area contributed by atoms with Gasteiger partial charge in [-0.2, -0.15) is 0 Å². The highest BCUT2D eigenvalue weighted by Crippen LogP contribution is 2.42. The summed E-state index contributed by atoms with van der Waals surface area (Å²) in [5.74, 6) is 3.11. The molecule has 0 unspecified atom stereocenters. The lowest BCUT2D eigenvalue weighted by Crippen LogP contribution is -2.41. The Labute approximate surface area is 185 Å². The summed E-state index contributed by atoms with van der Waals surface area (Å²) in [6.07, 6.45) is 0. The zero-order valence-corrected chi connectivity index (χ0v) is 20.1. The van der Waals surface area contributed by atoms with E-state index in [-0.39, 0.29) is 19.1 Å². The van der Waals surface area contributed by atoms with E-state index in [9.17, 15) is 0 Å².